The average molecular weight is 364 g/mol. The minimum atomic E-state index is -0.386. The number of nitrogens with zero attached hydrogens (tertiary/aromatic N) is 2. The molecule has 0 aromatic rings. The fourth-order valence-electron chi connectivity index (χ4n) is 4.49. The van der Waals surface area contributed by atoms with Crippen molar-refractivity contribution in [2.24, 2.45) is 5.41 Å². The van der Waals surface area contributed by atoms with Gasteiger partial charge in [0.25, 0.3) is 0 Å². The summed E-state index contributed by atoms with van der Waals surface area (Å²) in [6.07, 6.45) is 6.81. The molecule has 3 heterocycles. The molecule has 132 valence electrons. The van der Waals surface area contributed by atoms with E-state index in [2.05, 4.69) is 10.2 Å². The van der Waals surface area contributed by atoms with Crippen LogP contribution in [0, 0.1) is 5.41 Å². The summed E-state index contributed by atoms with van der Waals surface area (Å²) < 4.78 is 0. The van der Waals surface area contributed by atoms with Gasteiger partial charge in [0.2, 0.25) is 11.8 Å². The van der Waals surface area contributed by atoms with Gasteiger partial charge in [0.1, 0.15) is 0 Å². The highest BCUT2D eigenvalue weighted by atomic mass is 35.5. The standard InChI is InChI=1S/C16H25N3O2.2ClH/c20-14-10-16(15(21)19(14)13-2-3-13)6-1-9-18(11-16)12-4-7-17-8-5-12;;/h12-13,17H,1-11H2;2*1H. The van der Waals surface area contributed by atoms with Crippen LogP contribution in [0.2, 0.25) is 0 Å². The second-order valence-corrected chi connectivity index (χ2v) is 7.31. The molecule has 2 amide bonds. The van der Waals surface area contributed by atoms with Gasteiger partial charge in [-0.25, -0.2) is 0 Å². The lowest BCUT2D eigenvalue weighted by atomic mass is 9.77. The second kappa shape index (κ2) is 7.26. The van der Waals surface area contributed by atoms with Crippen LogP contribution in [-0.2, 0) is 9.59 Å². The van der Waals surface area contributed by atoms with E-state index in [-0.39, 0.29) is 48.1 Å². The van der Waals surface area contributed by atoms with E-state index in [4.69, 9.17) is 0 Å². The zero-order chi connectivity index (χ0) is 14.4. The van der Waals surface area contributed by atoms with Gasteiger partial charge in [-0.3, -0.25) is 19.4 Å². The minimum absolute atomic E-state index is 0. The largest absolute Gasteiger partial charge is 0.317 e. The van der Waals surface area contributed by atoms with Gasteiger partial charge in [-0.15, -0.1) is 24.8 Å². The van der Waals surface area contributed by atoms with Crippen molar-refractivity contribution in [1.29, 1.82) is 0 Å². The lowest BCUT2D eigenvalue weighted by Gasteiger charge is -2.43. The summed E-state index contributed by atoms with van der Waals surface area (Å²) >= 11 is 0. The molecule has 1 N–H and O–H groups in total. The Kier molecular flexibility index (Phi) is 5.99. The van der Waals surface area contributed by atoms with Crippen LogP contribution in [0.1, 0.15) is 44.9 Å². The lowest BCUT2D eigenvalue weighted by Crippen LogP contribution is -2.53. The van der Waals surface area contributed by atoms with E-state index in [0.29, 0.717) is 12.5 Å². The number of piperidine rings is 2. The third-order valence-electron chi connectivity index (χ3n) is 5.77. The van der Waals surface area contributed by atoms with Crippen molar-refractivity contribution in [3.8, 4) is 0 Å². The summed E-state index contributed by atoms with van der Waals surface area (Å²) in [5, 5.41) is 3.40. The number of carbonyl (C=O) groups is 2. The molecule has 0 aromatic heterocycles. The van der Waals surface area contributed by atoms with Gasteiger partial charge >= 0.3 is 0 Å². The van der Waals surface area contributed by atoms with Crippen molar-refractivity contribution in [3.63, 3.8) is 0 Å². The molecule has 0 bridgehead atoms. The highest BCUT2D eigenvalue weighted by molar-refractivity contribution is 6.06. The molecule has 1 unspecified atom stereocenters. The summed E-state index contributed by atoms with van der Waals surface area (Å²) in [5.41, 5.74) is -0.386. The Morgan fingerprint density at radius 2 is 1.70 bits per heavy atom. The van der Waals surface area contributed by atoms with Gasteiger partial charge in [-0.2, -0.15) is 0 Å². The first-order valence-electron chi connectivity index (χ1n) is 8.51. The predicted molar refractivity (Wildman–Crippen MR) is 93.1 cm³/mol. The Bertz CT molecular complexity index is 466. The summed E-state index contributed by atoms with van der Waals surface area (Å²) in [5.74, 6) is 0.239. The number of nitrogens with one attached hydrogen (secondary N) is 1. The van der Waals surface area contributed by atoms with Crippen molar-refractivity contribution >= 4 is 36.6 Å². The normalized spacial score (nSPS) is 32.8. The van der Waals surface area contributed by atoms with E-state index >= 15 is 0 Å². The second-order valence-electron chi connectivity index (χ2n) is 7.31. The van der Waals surface area contributed by atoms with Gasteiger partial charge in [-0.05, 0) is 58.2 Å². The molecule has 4 fully saturated rings. The Labute approximate surface area is 150 Å². The summed E-state index contributed by atoms with van der Waals surface area (Å²) in [4.78, 5) is 29.3. The molecule has 4 rings (SSSR count). The molecule has 5 nitrogen and oxygen atoms in total. The Balaban J connectivity index is 0.000000960. The number of carbonyl (C=O) groups excluding carboxylic acids is 2. The number of hydrogen-bond donors (Lipinski definition) is 1. The SMILES string of the molecule is Cl.Cl.O=C1CC2(CCCN(C3CCNCC3)C2)C(=O)N1C1CC1. The number of likely N-dealkylation sites (tertiary alicyclic amines) is 2. The quantitative estimate of drug-likeness (QED) is 0.756. The number of halogens is 2. The first kappa shape index (κ1) is 19.0. The molecule has 7 heteroatoms. The van der Waals surface area contributed by atoms with Crippen molar-refractivity contribution in [1.82, 2.24) is 15.1 Å². The van der Waals surface area contributed by atoms with E-state index in [1.54, 1.807) is 4.90 Å². The number of rotatable bonds is 2. The molecule has 3 aliphatic heterocycles. The average Bonchev–Trinajstić information content (AvgIpc) is 3.30. The predicted octanol–water partition coefficient (Wildman–Crippen LogP) is 1.59. The van der Waals surface area contributed by atoms with Crippen molar-refractivity contribution < 1.29 is 9.59 Å². The van der Waals surface area contributed by atoms with Gasteiger partial charge < -0.3 is 5.32 Å². The van der Waals surface area contributed by atoms with Crippen LogP contribution < -0.4 is 5.32 Å². The summed E-state index contributed by atoms with van der Waals surface area (Å²) in [6.45, 7) is 4.06. The number of hydrogen-bond acceptors (Lipinski definition) is 4. The maximum Gasteiger partial charge on any atom is 0.237 e. The number of amides is 2. The van der Waals surface area contributed by atoms with Gasteiger partial charge in [0.15, 0.2) is 0 Å². The fourth-order valence-corrected chi connectivity index (χ4v) is 4.49. The molecule has 3 saturated heterocycles. The lowest BCUT2D eigenvalue weighted by molar-refractivity contribution is -0.143. The molecular weight excluding hydrogens is 337 g/mol. The van der Waals surface area contributed by atoms with Crippen molar-refractivity contribution in [3.05, 3.63) is 0 Å². The molecule has 1 saturated carbocycles. The summed E-state index contributed by atoms with van der Waals surface area (Å²) in [7, 11) is 0. The monoisotopic (exact) mass is 363 g/mol. The first-order valence-corrected chi connectivity index (χ1v) is 8.51. The topological polar surface area (TPSA) is 52.7 Å². The third-order valence-corrected chi connectivity index (χ3v) is 5.77. The molecule has 23 heavy (non-hydrogen) atoms. The van der Waals surface area contributed by atoms with E-state index in [0.717, 1.165) is 51.9 Å². The third kappa shape index (κ3) is 3.39. The van der Waals surface area contributed by atoms with E-state index in [9.17, 15) is 9.59 Å². The van der Waals surface area contributed by atoms with Gasteiger partial charge in [0.05, 0.1) is 5.41 Å². The van der Waals surface area contributed by atoms with Crippen molar-refractivity contribution in [2.75, 3.05) is 26.2 Å². The number of imide groups is 1. The van der Waals surface area contributed by atoms with Crippen LogP contribution >= 0.6 is 24.8 Å². The molecule has 1 aliphatic carbocycles. The van der Waals surface area contributed by atoms with Crippen LogP contribution in [0.5, 0.6) is 0 Å². The highest BCUT2D eigenvalue weighted by Gasteiger charge is 2.56. The van der Waals surface area contributed by atoms with E-state index in [1.165, 1.54) is 12.8 Å². The maximum absolute atomic E-state index is 12.9. The molecule has 1 atom stereocenters. The fraction of sp³-hybridized carbons (Fsp3) is 0.875. The van der Waals surface area contributed by atoms with Crippen LogP contribution in [0.15, 0.2) is 0 Å². The zero-order valence-corrected chi connectivity index (χ0v) is 15.1. The van der Waals surface area contributed by atoms with Crippen LogP contribution in [-0.4, -0.2) is 59.9 Å². The molecule has 4 aliphatic rings. The van der Waals surface area contributed by atoms with Crippen molar-refractivity contribution in [2.45, 2.75) is 57.0 Å². The van der Waals surface area contributed by atoms with Gasteiger partial charge in [0, 0.05) is 25.0 Å². The van der Waals surface area contributed by atoms with E-state index in [1.807, 2.05) is 0 Å². The smallest absolute Gasteiger partial charge is 0.237 e. The first-order chi connectivity index (χ1) is 10.2. The molecule has 0 aromatic carbocycles. The highest BCUT2D eigenvalue weighted by Crippen LogP contribution is 2.45. The summed E-state index contributed by atoms with van der Waals surface area (Å²) in [6, 6.07) is 0.833. The van der Waals surface area contributed by atoms with Crippen LogP contribution in [0.25, 0.3) is 0 Å². The maximum atomic E-state index is 12.9. The molecular formula is C16H27Cl2N3O2. The minimum Gasteiger partial charge on any atom is -0.317 e. The zero-order valence-electron chi connectivity index (χ0n) is 13.5. The molecule has 1 spiro atoms. The Morgan fingerprint density at radius 3 is 2.35 bits per heavy atom. The Morgan fingerprint density at radius 1 is 1.00 bits per heavy atom. The van der Waals surface area contributed by atoms with Crippen LogP contribution in [0.4, 0.5) is 0 Å². The van der Waals surface area contributed by atoms with E-state index < -0.39 is 0 Å². The van der Waals surface area contributed by atoms with Crippen LogP contribution in [0.3, 0.4) is 0 Å². The van der Waals surface area contributed by atoms with Gasteiger partial charge in [-0.1, -0.05) is 0 Å². The molecule has 0 radical (unpaired) electrons. The Hall–Kier alpha value is -0.360.